The summed E-state index contributed by atoms with van der Waals surface area (Å²) in [7, 11) is 0. The predicted molar refractivity (Wildman–Crippen MR) is 103 cm³/mol. The highest BCUT2D eigenvalue weighted by Crippen LogP contribution is 2.29. The van der Waals surface area contributed by atoms with Gasteiger partial charge in [0.05, 0.1) is 18.8 Å². The molecule has 2 aliphatic heterocycles. The minimum atomic E-state index is -1.75. The number of anilines is 1. The number of aliphatic hydroxyl groups excluding tert-OH is 7. The first-order chi connectivity index (χ1) is 15.2. The van der Waals surface area contributed by atoms with Gasteiger partial charge in [-0.05, 0) is 24.3 Å². The molecule has 0 bridgehead atoms. The molecule has 0 aromatic heterocycles. The van der Waals surface area contributed by atoms with Crippen molar-refractivity contribution in [3.8, 4) is 0 Å². The maximum Gasteiger partial charge on any atom is 0.335 e. The van der Waals surface area contributed by atoms with Crippen molar-refractivity contribution in [2.75, 3.05) is 18.5 Å². The van der Waals surface area contributed by atoms with Crippen molar-refractivity contribution in [1.82, 2.24) is 0 Å². The molecule has 0 saturated carbocycles. The van der Waals surface area contributed by atoms with Crippen molar-refractivity contribution in [3.05, 3.63) is 29.8 Å². The van der Waals surface area contributed by atoms with Gasteiger partial charge in [-0.15, -0.1) is 0 Å². The maximum absolute atomic E-state index is 10.9. The van der Waals surface area contributed by atoms with Gasteiger partial charge in [-0.25, -0.2) is 4.79 Å². The van der Waals surface area contributed by atoms with Crippen LogP contribution in [0.1, 0.15) is 10.4 Å². The molecule has 0 aliphatic carbocycles. The lowest BCUT2D eigenvalue weighted by Gasteiger charge is -2.46. The van der Waals surface area contributed by atoms with E-state index in [1.54, 1.807) is 0 Å². The Hall–Kier alpha value is -1.91. The smallest absolute Gasteiger partial charge is 0.335 e. The van der Waals surface area contributed by atoms with Crippen LogP contribution in [0.15, 0.2) is 24.3 Å². The lowest BCUT2D eigenvalue weighted by molar-refractivity contribution is -0.340. The number of aromatic carboxylic acids is 1. The minimum Gasteiger partial charge on any atom is -0.478 e. The topological polar surface area (TPSA) is 219 Å². The molecular weight excluding hydrogens is 434 g/mol. The van der Waals surface area contributed by atoms with E-state index in [4.69, 9.17) is 19.3 Å². The maximum atomic E-state index is 10.9. The van der Waals surface area contributed by atoms with E-state index in [0.717, 1.165) is 0 Å². The summed E-state index contributed by atoms with van der Waals surface area (Å²) in [6, 6.07) is 5.50. The molecule has 0 amide bonds. The lowest BCUT2D eigenvalue weighted by atomic mass is 9.96. The average molecular weight is 461 g/mol. The van der Waals surface area contributed by atoms with Crippen molar-refractivity contribution in [2.45, 2.75) is 61.3 Å². The number of hydrogen-bond donors (Lipinski definition) is 9. The van der Waals surface area contributed by atoms with Crippen LogP contribution in [0.2, 0.25) is 0 Å². The number of aliphatic hydroxyl groups is 7. The molecule has 32 heavy (non-hydrogen) atoms. The third kappa shape index (κ3) is 5.02. The first-order valence-electron chi connectivity index (χ1n) is 9.86. The summed E-state index contributed by atoms with van der Waals surface area (Å²) < 4.78 is 16.3. The first kappa shape index (κ1) is 24.7. The van der Waals surface area contributed by atoms with Gasteiger partial charge in [-0.3, -0.25) is 0 Å². The zero-order valence-corrected chi connectivity index (χ0v) is 16.7. The van der Waals surface area contributed by atoms with Crippen LogP contribution < -0.4 is 5.32 Å². The molecule has 13 nitrogen and oxygen atoms in total. The van der Waals surface area contributed by atoms with E-state index >= 15 is 0 Å². The average Bonchev–Trinajstić information content (AvgIpc) is 2.79. The summed E-state index contributed by atoms with van der Waals surface area (Å²) in [5, 5.41) is 81.6. The van der Waals surface area contributed by atoms with Crippen molar-refractivity contribution < 1.29 is 59.9 Å². The van der Waals surface area contributed by atoms with Crippen molar-refractivity contribution >= 4 is 11.7 Å². The second kappa shape index (κ2) is 10.4. The van der Waals surface area contributed by atoms with Crippen molar-refractivity contribution in [2.24, 2.45) is 0 Å². The van der Waals surface area contributed by atoms with Gasteiger partial charge >= 0.3 is 5.97 Å². The standard InChI is InChI=1S/C19H27NO12/c21-5-9-11(23)12(24)15(27)19(31-9)32-16-10(6-22)30-17(14(26)13(16)25)20-8-3-1-7(2-4-8)18(28)29/h1-4,9-17,19-27H,5-6H2,(H,28,29)/t9-,10+,11-,12+,13+,14+,15-,16+,17-,19-/m0/s1. The van der Waals surface area contributed by atoms with Crippen LogP contribution in [0, 0.1) is 0 Å². The highest BCUT2D eigenvalue weighted by Gasteiger charge is 2.50. The quantitative estimate of drug-likeness (QED) is 0.192. The number of ether oxygens (including phenoxy) is 3. The molecular formula is C19H27NO12. The number of nitrogens with one attached hydrogen (secondary N) is 1. The normalized spacial score (nSPS) is 40.1. The number of hydrogen-bond acceptors (Lipinski definition) is 12. The molecule has 0 radical (unpaired) electrons. The van der Waals surface area contributed by atoms with Crippen LogP contribution in [0.25, 0.3) is 0 Å². The Kier molecular flexibility index (Phi) is 8.00. The van der Waals surface area contributed by atoms with Gasteiger partial charge in [-0.1, -0.05) is 0 Å². The second-order valence-corrected chi connectivity index (χ2v) is 7.58. The van der Waals surface area contributed by atoms with Crippen LogP contribution in [-0.2, 0) is 14.2 Å². The number of benzene rings is 1. The molecule has 180 valence electrons. The largest absolute Gasteiger partial charge is 0.478 e. The third-order valence-electron chi connectivity index (χ3n) is 5.44. The molecule has 13 heteroatoms. The van der Waals surface area contributed by atoms with Gasteiger partial charge in [0.2, 0.25) is 0 Å². The van der Waals surface area contributed by atoms with E-state index in [1.807, 2.05) is 0 Å². The summed E-state index contributed by atoms with van der Waals surface area (Å²) >= 11 is 0. The molecule has 2 aliphatic rings. The SMILES string of the molecule is O=C(O)c1ccc(N[C@H]2O[C@H](CO)[C@@H](O[C@@H]3O[C@@H](CO)[C@H](O)[C@@H](O)[C@@H]3O)[C@H](O)[C@H]2O)cc1. The van der Waals surface area contributed by atoms with E-state index in [-0.39, 0.29) is 5.56 Å². The molecule has 2 fully saturated rings. The number of carboxylic acids is 1. The molecule has 1 aromatic carbocycles. The summed E-state index contributed by atoms with van der Waals surface area (Å²) in [6.45, 7) is -1.35. The Balaban J connectivity index is 1.70. The van der Waals surface area contributed by atoms with E-state index in [2.05, 4.69) is 5.32 Å². The predicted octanol–water partition coefficient (Wildman–Crippen LogP) is -3.58. The molecule has 3 rings (SSSR count). The second-order valence-electron chi connectivity index (χ2n) is 7.58. The van der Waals surface area contributed by atoms with Crippen LogP contribution in [0.3, 0.4) is 0 Å². The van der Waals surface area contributed by atoms with E-state index in [0.29, 0.717) is 5.69 Å². The van der Waals surface area contributed by atoms with E-state index in [9.17, 15) is 40.5 Å². The molecule has 2 heterocycles. The first-order valence-corrected chi connectivity index (χ1v) is 9.86. The zero-order chi connectivity index (χ0) is 23.6. The lowest BCUT2D eigenvalue weighted by Crippen LogP contribution is -2.65. The molecule has 0 spiro atoms. The van der Waals surface area contributed by atoms with E-state index in [1.165, 1.54) is 24.3 Å². The minimum absolute atomic E-state index is 0.0434. The van der Waals surface area contributed by atoms with Crippen LogP contribution in [0.5, 0.6) is 0 Å². The van der Waals surface area contributed by atoms with Crippen LogP contribution in [0.4, 0.5) is 5.69 Å². The van der Waals surface area contributed by atoms with Crippen molar-refractivity contribution in [3.63, 3.8) is 0 Å². The number of rotatable bonds is 7. The van der Waals surface area contributed by atoms with Gasteiger partial charge in [0.25, 0.3) is 0 Å². The Bertz CT molecular complexity index is 759. The van der Waals surface area contributed by atoms with E-state index < -0.39 is 80.5 Å². The Morgan fingerprint density at radius 2 is 1.47 bits per heavy atom. The van der Waals surface area contributed by atoms with Crippen LogP contribution >= 0.6 is 0 Å². The summed E-state index contributed by atoms with van der Waals surface area (Å²) in [4.78, 5) is 10.9. The van der Waals surface area contributed by atoms with Crippen LogP contribution in [-0.4, -0.2) is 121 Å². The van der Waals surface area contributed by atoms with Gasteiger partial charge in [0.15, 0.2) is 12.5 Å². The monoisotopic (exact) mass is 461 g/mol. The fourth-order valence-corrected chi connectivity index (χ4v) is 3.58. The fourth-order valence-electron chi connectivity index (χ4n) is 3.58. The Morgan fingerprint density at radius 3 is 2.03 bits per heavy atom. The van der Waals surface area contributed by atoms with Gasteiger partial charge < -0.3 is 60.4 Å². The third-order valence-corrected chi connectivity index (χ3v) is 5.44. The summed E-state index contributed by atoms with van der Waals surface area (Å²) in [5.74, 6) is -1.12. The Morgan fingerprint density at radius 1 is 0.844 bits per heavy atom. The molecule has 9 N–H and O–H groups in total. The summed E-state index contributed by atoms with van der Waals surface area (Å²) in [6.07, 6.45) is -15.0. The zero-order valence-electron chi connectivity index (χ0n) is 16.7. The number of carboxylic acid groups (broad SMARTS) is 1. The van der Waals surface area contributed by atoms with Gasteiger partial charge in [-0.2, -0.15) is 0 Å². The fraction of sp³-hybridized carbons (Fsp3) is 0.632. The highest BCUT2D eigenvalue weighted by atomic mass is 16.7. The highest BCUT2D eigenvalue weighted by molar-refractivity contribution is 5.88. The molecule has 10 atom stereocenters. The van der Waals surface area contributed by atoms with Gasteiger partial charge in [0.1, 0.15) is 48.8 Å². The Labute approximate surface area is 182 Å². The molecule has 0 unspecified atom stereocenters. The molecule has 1 aromatic rings. The van der Waals surface area contributed by atoms with Crippen molar-refractivity contribution in [1.29, 1.82) is 0 Å². The molecule has 2 saturated heterocycles. The van der Waals surface area contributed by atoms with Gasteiger partial charge in [0, 0.05) is 5.69 Å². The summed E-state index contributed by atoms with van der Waals surface area (Å²) in [5.41, 5.74) is 0.415. The number of carbonyl (C=O) groups is 1.